The molecule has 4 nitrogen and oxygen atoms in total. The Bertz CT molecular complexity index is 191. The van der Waals surface area contributed by atoms with Crippen LogP contribution in [0.2, 0.25) is 0 Å². The van der Waals surface area contributed by atoms with Crippen LogP contribution in [-0.4, -0.2) is 39.0 Å². The van der Waals surface area contributed by atoms with Gasteiger partial charge in [0.2, 0.25) is 0 Å². The van der Waals surface area contributed by atoms with Crippen molar-refractivity contribution in [2.75, 3.05) is 26.9 Å². The van der Waals surface area contributed by atoms with Gasteiger partial charge >= 0.3 is 5.97 Å². The van der Waals surface area contributed by atoms with Gasteiger partial charge in [0.1, 0.15) is 5.41 Å². The van der Waals surface area contributed by atoms with E-state index in [1.807, 2.05) is 0 Å². The zero-order valence-corrected chi connectivity index (χ0v) is 7.04. The predicted molar refractivity (Wildman–Crippen MR) is 39.6 cm³/mol. The molecule has 2 unspecified atom stereocenters. The van der Waals surface area contributed by atoms with E-state index >= 15 is 0 Å². The standard InChI is InChI=1S/C8H12O4/c1-10-7(9)8(6-4-12-6)2-3-11-5-8/h6H,2-5H2,1H3. The van der Waals surface area contributed by atoms with E-state index in [2.05, 4.69) is 0 Å². The summed E-state index contributed by atoms with van der Waals surface area (Å²) < 4.78 is 15.1. The molecule has 12 heavy (non-hydrogen) atoms. The smallest absolute Gasteiger partial charge is 0.317 e. The Balaban J connectivity index is 2.14. The third-order valence-corrected chi connectivity index (χ3v) is 2.59. The first-order valence-corrected chi connectivity index (χ1v) is 4.07. The summed E-state index contributed by atoms with van der Waals surface area (Å²) in [7, 11) is 1.41. The summed E-state index contributed by atoms with van der Waals surface area (Å²) in [4.78, 5) is 11.4. The zero-order valence-electron chi connectivity index (χ0n) is 7.04. The molecule has 0 saturated carbocycles. The van der Waals surface area contributed by atoms with Crippen molar-refractivity contribution in [3.8, 4) is 0 Å². The molecule has 2 fully saturated rings. The van der Waals surface area contributed by atoms with Crippen LogP contribution in [0.5, 0.6) is 0 Å². The number of carbonyl (C=O) groups is 1. The molecule has 0 amide bonds. The Morgan fingerprint density at radius 1 is 1.67 bits per heavy atom. The first-order valence-electron chi connectivity index (χ1n) is 4.07. The third-order valence-electron chi connectivity index (χ3n) is 2.59. The lowest BCUT2D eigenvalue weighted by molar-refractivity contribution is -0.154. The van der Waals surface area contributed by atoms with Gasteiger partial charge in [0, 0.05) is 6.61 Å². The maximum Gasteiger partial charge on any atom is 0.317 e. The molecule has 2 rings (SSSR count). The molecule has 0 N–H and O–H groups in total. The summed E-state index contributed by atoms with van der Waals surface area (Å²) in [5.74, 6) is -0.192. The fraction of sp³-hybridized carbons (Fsp3) is 0.875. The highest BCUT2D eigenvalue weighted by Crippen LogP contribution is 2.41. The van der Waals surface area contributed by atoms with Gasteiger partial charge < -0.3 is 14.2 Å². The molecule has 0 radical (unpaired) electrons. The minimum absolute atomic E-state index is 0.0347. The summed E-state index contributed by atoms with van der Waals surface area (Å²) in [5, 5.41) is 0. The fourth-order valence-corrected chi connectivity index (χ4v) is 1.70. The summed E-state index contributed by atoms with van der Waals surface area (Å²) in [5.41, 5.74) is -0.491. The van der Waals surface area contributed by atoms with Crippen LogP contribution in [0.3, 0.4) is 0 Å². The van der Waals surface area contributed by atoms with E-state index in [-0.39, 0.29) is 12.1 Å². The van der Waals surface area contributed by atoms with E-state index in [0.29, 0.717) is 19.8 Å². The van der Waals surface area contributed by atoms with Crippen molar-refractivity contribution in [1.82, 2.24) is 0 Å². The Hall–Kier alpha value is -0.610. The van der Waals surface area contributed by atoms with E-state index in [1.165, 1.54) is 7.11 Å². The first kappa shape index (κ1) is 8.01. The molecule has 0 bridgehead atoms. The van der Waals surface area contributed by atoms with Crippen LogP contribution in [0.25, 0.3) is 0 Å². The highest BCUT2D eigenvalue weighted by molar-refractivity contribution is 5.78. The van der Waals surface area contributed by atoms with Crippen LogP contribution < -0.4 is 0 Å². The van der Waals surface area contributed by atoms with E-state index in [1.54, 1.807) is 0 Å². The highest BCUT2D eigenvalue weighted by Gasteiger charge is 2.55. The molecule has 68 valence electrons. The van der Waals surface area contributed by atoms with Crippen molar-refractivity contribution in [1.29, 1.82) is 0 Å². The Labute approximate surface area is 70.8 Å². The van der Waals surface area contributed by atoms with Crippen LogP contribution >= 0.6 is 0 Å². The molecule has 2 saturated heterocycles. The van der Waals surface area contributed by atoms with Gasteiger partial charge in [-0.1, -0.05) is 0 Å². The van der Waals surface area contributed by atoms with E-state index in [4.69, 9.17) is 14.2 Å². The predicted octanol–water partition coefficient (Wildman–Crippen LogP) is -0.0351. The van der Waals surface area contributed by atoms with Crippen molar-refractivity contribution in [2.24, 2.45) is 5.41 Å². The van der Waals surface area contributed by atoms with E-state index < -0.39 is 5.41 Å². The summed E-state index contributed by atoms with van der Waals surface area (Å²) in [6.45, 7) is 1.75. The van der Waals surface area contributed by atoms with Gasteiger partial charge in [0.05, 0.1) is 26.4 Å². The molecule has 2 atom stereocenters. The zero-order chi connectivity index (χ0) is 8.60. The van der Waals surface area contributed by atoms with E-state index in [9.17, 15) is 4.79 Å². The largest absolute Gasteiger partial charge is 0.468 e. The normalized spacial score (nSPS) is 39.6. The number of ether oxygens (including phenoxy) is 3. The lowest BCUT2D eigenvalue weighted by atomic mass is 9.84. The minimum Gasteiger partial charge on any atom is -0.468 e. The fourth-order valence-electron chi connectivity index (χ4n) is 1.70. The van der Waals surface area contributed by atoms with Crippen LogP contribution in [-0.2, 0) is 19.0 Å². The van der Waals surface area contributed by atoms with Crippen LogP contribution in [0.4, 0.5) is 0 Å². The molecular weight excluding hydrogens is 160 g/mol. The van der Waals surface area contributed by atoms with Gasteiger partial charge in [-0.3, -0.25) is 4.79 Å². The summed E-state index contributed by atoms with van der Waals surface area (Å²) in [6.07, 6.45) is 0.761. The molecule has 2 heterocycles. The molecule has 0 spiro atoms. The molecule has 2 aliphatic rings. The van der Waals surface area contributed by atoms with Gasteiger partial charge in [-0.05, 0) is 6.42 Å². The Morgan fingerprint density at radius 3 is 2.83 bits per heavy atom. The highest BCUT2D eigenvalue weighted by atomic mass is 16.6. The molecule has 2 aliphatic heterocycles. The van der Waals surface area contributed by atoms with E-state index in [0.717, 1.165) is 6.42 Å². The van der Waals surface area contributed by atoms with Crippen molar-refractivity contribution >= 4 is 5.97 Å². The average molecular weight is 172 g/mol. The molecular formula is C8H12O4. The summed E-state index contributed by atoms with van der Waals surface area (Å²) in [6, 6.07) is 0. The maximum atomic E-state index is 11.4. The molecule has 0 aliphatic carbocycles. The monoisotopic (exact) mass is 172 g/mol. The van der Waals surface area contributed by atoms with Crippen LogP contribution in [0.1, 0.15) is 6.42 Å². The molecule has 0 aromatic rings. The second-order valence-electron chi connectivity index (χ2n) is 3.27. The minimum atomic E-state index is -0.491. The SMILES string of the molecule is COC(=O)C1(C2CO2)CCOC1. The topological polar surface area (TPSA) is 48.1 Å². The van der Waals surface area contributed by atoms with Crippen molar-refractivity contribution < 1.29 is 19.0 Å². The number of epoxide rings is 1. The number of esters is 1. The quantitative estimate of drug-likeness (QED) is 0.433. The first-order chi connectivity index (χ1) is 5.79. The number of hydrogen-bond donors (Lipinski definition) is 0. The number of hydrogen-bond acceptors (Lipinski definition) is 4. The maximum absolute atomic E-state index is 11.4. The molecule has 4 heteroatoms. The van der Waals surface area contributed by atoms with Crippen LogP contribution in [0.15, 0.2) is 0 Å². The second kappa shape index (κ2) is 2.71. The van der Waals surface area contributed by atoms with Gasteiger partial charge in [0.15, 0.2) is 0 Å². The van der Waals surface area contributed by atoms with Crippen molar-refractivity contribution in [2.45, 2.75) is 12.5 Å². The molecule has 0 aromatic heterocycles. The second-order valence-corrected chi connectivity index (χ2v) is 3.27. The van der Waals surface area contributed by atoms with Gasteiger partial charge in [-0.25, -0.2) is 0 Å². The van der Waals surface area contributed by atoms with Crippen LogP contribution in [0, 0.1) is 5.41 Å². The Morgan fingerprint density at radius 2 is 2.42 bits per heavy atom. The summed E-state index contributed by atoms with van der Waals surface area (Å²) >= 11 is 0. The van der Waals surface area contributed by atoms with Crippen molar-refractivity contribution in [3.63, 3.8) is 0 Å². The number of methoxy groups -OCH3 is 1. The third kappa shape index (κ3) is 1.03. The number of carbonyl (C=O) groups excluding carboxylic acids is 1. The Kier molecular flexibility index (Phi) is 1.81. The number of rotatable bonds is 2. The van der Waals surface area contributed by atoms with Gasteiger partial charge in [-0.2, -0.15) is 0 Å². The lowest BCUT2D eigenvalue weighted by Gasteiger charge is -2.21. The van der Waals surface area contributed by atoms with Gasteiger partial charge in [0.25, 0.3) is 0 Å². The lowest BCUT2D eigenvalue weighted by Crippen LogP contribution is -2.38. The van der Waals surface area contributed by atoms with Crippen molar-refractivity contribution in [3.05, 3.63) is 0 Å². The molecule has 0 aromatic carbocycles. The average Bonchev–Trinajstić information content (AvgIpc) is 2.84. The van der Waals surface area contributed by atoms with Gasteiger partial charge in [-0.15, -0.1) is 0 Å².